The van der Waals surface area contributed by atoms with Crippen molar-refractivity contribution in [1.82, 2.24) is 0 Å². The van der Waals surface area contributed by atoms with Crippen molar-refractivity contribution in [2.75, 3.05) is 0 Å². The van der Waals surface area contributed by atoms with Gasteiger partial charge in [-0.2, -0.15) is 0 Å². The summed E-state index contributed by atoms with van der Waals surface area (Å²) in [6.45, 7) is 0. The predicted molar refractivity (Wildman–Crippen MR) is 47.1 cm³/mol. The van der Waals surface area contributed by atoms with E-state index < -0.39 is 23.9 Å². The summed E-state index contributed by atoms with van der Waals surface area (Å²) in [6.07, 6.45) is 3.20. The van der Waals surface area contributed by atoms with Crippen LogP contribution in [0.4, 0.5) is 8.78 Å². The molecule has 0 aliphatic heterocycles. The Morgan fingerprint density at radius 1 is 1.36 bits per heavy atom. The number of carboxylic acid groups (broad SMARTS) is 1. The first kappa shape index (κ1) is 11.4. The maximum atomic E-state index is 13.4. The standard InChI is InChI=1S/C9H15F2NO2/c10-9(11,7(12)8(13)14)6-4-2-1-3-5-6/h6-7H,1-5,12H2,(H,13,14). The summed E-state index contributed by atoms with van der Waals surface area (Å²) in [5, 5.41) is 8.44. The molecule has 1 rings (SSSR count). The van der Waals surface area contributed by atoms with Crippen LogP contribution in [0.5, 0.6) is 0 Å². The summed E-state index contributed by atoms with van der Waals surface area (Å²) in [6, 6.07) is -2.06. The summed E-state index contributed by atoms with van der Waals surface area (Å²) in [5.74, 6) is -5.75. The van der Waals surface area contributed by atoms with E-state index in [4.69, 9.17) is 10.8 Å². The second-order valence-electron chi connectivity index (χ2n) is 3.83. The van der Waals surface area contributed by atoms with E-state index in [0.29, 0.717) is 12.8 Å². The molecular formula is C9H15F2NO2. The number of halogens is 2. The number of hydrogen-bond donors (Lipinski definition) is 2. The summed E-state index contributed by atoms with van der Waals surface area (Å²) in [5.41, 5.74) is 4.98. The van der Waals surface area contributed by atoms with E-state index in [0.717, 1.165) is 19.3 Å². The summed E-state index contributed by atoms with van der Waals surface area (Å²) < 4.78 is 26.9. The highest BCUT2D eigenvalue weighted by molar-refractivity contribution is 5.74. The second kappa shape index (κ2) is 4.21. The number of rotatable bonds is 3. The lowest BCUT2D eigenvalue weighted by Crippen LogP contribution is -2.51. The van der Waals surface area contributed by atoms with Crippen LogP contribution in [-0.2, 0) is 4.79 Å². The van der Waals surface area contributed by atoms with E-state index >= 15 is 0 Å². The molecule has 0 spiro atoms. The van der Waals surface area contributed by atoms with Crippen LogP contribution < -0.4 is 5.73 Å². The lowest BCUT2D eigenvalue weighted by Gasteiger charge is -2.31. The van der Waals surface area contributed by atoms with E-state index in [-0.39, 0.29) is 0 Å². The zero-order valence-corrected chi connectivity index (χ0v) is 7.88. The monoisotopic (exact) mass is 207 g/mol. The van der Waals surface area contributed by atoms with Gasteiger partial charge in [0.2, 0.25) is 0 Å². The van der Waals surface area contributed by atoms with Crippen LogP contribution in [-0.4, -0.2) is 23.0 Å². The van der Waals surface area contributed by atoms with E-state index in [1.54, 1.807) is 0 Å². The molecule has 3 N–H and O–H groups in total. The van der Waals surface area contributed by atoms with Crippen molar-refractivity contribution >= 4 is 5.97 Å². The van der Waals surface area contributed by atoms with E-state index in [9.17, 15) is 13.6 Å². The van der Waals surface area contributed by atoms with Gasteiger partial charge in [0, 0.05) is 5.92 Å². The van der Waals surface area contributed by atoms with E-state index in [2.05, 4.69) is 0 Å². The maximum absolute atomic E-state index is 13.4. The van der Waals surface area contributed by atoms with Gasteiger partial charge in [0.05, 0.1) is 0 Å². The minimum atomic E-state index is -3.27. The van der Waals surface area contributed by atoms with Gasteiger partial charge in [-0.3, -0.25) is 4.79 Å². The summed E-state index contributed by atoms with van der Waals surface area (Å²) in [4.78, 5) is 10.4. The fourth-order valence-corrected chi connectivity index (χ4v) is 1.91. The normalized spacial score (nSPS) is 21.9. The van der Waals surface area contributed by atoms with Gasteiger partial charge in [-0.1, -0.05) is 19.3 Å². The van der Waals surface area contributed by atoms with Crippen LogP contribution in [0, 0.1) is 5.92 Å². The Bertz CT molecular complexity index is 215. The number of nitrogens with two attached hydrogens (primary N) is 1. The fraction of sp³-hybridized carbons (Fsp3) is 0.889. The smallest absolute Gasteiger partial charge is 0.326 e. The molecule has 0 amide bonds. The molecule has 0 aromatic carbocycles. The van der Waals surface area contributed by atoms with Crippen LogP contribution in [0.15, 0.2) is 0 Å². The van der Waals surface area contributed by atoms with E-state index in [1.165, 1.54) is 0 Å². The molecule has 0 aromatic rings. The molecular weight excluding hydrogens is 192 g/mol. The number of aliphatic carboxylic acids is 1. The first-order chi connectivity index (χ1) is 6.46. The molecule has 0 saturated heterocycles. The van der Waals surface area contributed by atoms with Crippen molar-refractivity contribution in [3.8, 4) is 0 Å². The molecule has 1 unspecified atom stereocenters. The molecule has 1 aliphatic carbocycles. The number of hydrogen-bond acceptors (Lipinski definition) is 2. The van der Waals surface area contributed by atoms with Crippen LogP contribution in [0.3, 0.4) is 0 Å². The van der Waals surface area contributed by atoms with Gasteiger partial charge in [-0.25, -0.2) is 8.78 Å². The molecule has 1 atom stereocenters. The van der Waals surface area contributed by atoms with Crippen LogP contribution in [0.2, 0.25) is 0 Å². The first-order valence-electron chi connectivity index (χ1n) is 4.82. The molecule has 3 nitrogen and oxygen atoms in total. The Morgan fingerprint density at radius 2 is 1.86 bits per heavy atom. The molecule has 82 valence electrons. The topological polar surface area (TPSA) is 63.3 Å². The fourth-order valence-electron chi connectivity index (χ4n) is 1.91. The predicted octanol–water partition coefficient (Wildman–Crippen LogP) is 1.61. The number of carboxylic acids is 1. The molecule has 14 heavy (non-hydrogen) atoms. The Kier molecular flexibility index (Phi) is 3.42. The van der Waals surface area contributed by atoms with Gasteiger partial charge < -0.3 is 10.8 Å². The zero-order chi connectivity index (χ0) is 10.8. The van der Waals surface area contributed by atoms with Crippen molar-refractivity contribution in [3.63, 3.8) is 0 Å². The molecule has 5 heteroatoms. The highest BCUT2D eigenvalue weighted by Crippen LogP contribution is 2.38. The van der Waals surface area contributed by atoms with Crippen LogP contribution >= 0.6 is 0 Å². The van der Waals surface area contributed by atoms with Crippen molar-refractivity contribution in [3.05, 3.63) is 0 Å². The van der Waals surface area contributed by atoms with Gasteiger partial charge >= 0.3 is 5.97 Å². The Balaban J connectivity index is 2.66. The van der Waals surface area contributed by atoms with Crippen LogP contribution in [0.25, 0.3) is 0 Å². The average molecular weight is 207 g/mol. The van der Waals surface area contributed by atoms with Crippen molar-refractivity contribution in [1.29, 1.82) is 0 Å². The molecule has 0 heterocycles. The minimum absolute atomic E-state index is 0.383. The third-order valence-corrected chi connectivity index (χ3v) is 2.83. The Hall–Kier alpha value is -0.710. The molecule has 1 saturated carbocycles. The van der Waals surface area contributed by atoms with Gasteiger partial charge in [-0.15, -0.1) is 0 Å². The molecule has 1 fully saturated rings. The van der Waals surface area contributed by atoms with Gasteiger partial charge in [0.25, 0.3) is 5.92 Å². The Morgan fingerprint density at radius 3 is 2.29 bits per heavy atom. The molecule has 0 radical (unpaired) electrons. The second-order valence-corrected chi connectivity index (χ2v) is 3.83. The van der Waals surface area contributed by atoms with Crippen molar-refractivity contribution in [2.45, 2.75) is 44.1 Å². The zero-order valence-electron chi connectivity index (χ0n) is 7.88. The van der Waals surface area contributed by atoms with E-state index in [1.807, 2.05) is 0 Å². The SMILES string of the molecule is NC(C(=O)O)C(F)(F)C1CCCCC1. The lowest BCUT2D eigenvalue weighted by molar-refractivity contribution is -0.155. The molecule has 0 aromatic heterocycles. The maximum Gasteiger partial charge on any atom is 0.326 e. The molecule has 1 aliphatic rings. The molecule has 0 bridgehead atoms. The third-order valence-electron chi connectivity index (χ3n) is 2.83. The highest BCUT2D eigenvalue weighted by Gasteiger charge is 2.48. The van der Waals surface area contributed by atoms with Crippen molar-refractivity contribution < 1.29 is 18.7 Å². The van der Waals surface area contributed by atoms with Crippen LogP contribution in [0.1, 0.15) is 32.1 Å². The Labute approximate surface area is 81.3 Å². The summed E-state index contributed by atoms with van der Waals surface area (Å²) >= 11 is 0. The average Bonchev–Trinajstić information content (AvgIpc) is 2.18. The third kappa shape index (κ3) is 2.20. The van der Waals surface area contributed by atoms with Gasteiger partial charge in [0.15, 0.2) is 6.04 Å². The lowest BCUT2D eigenvalue weighted by atomic mass is 9.82. The highest BCUT2D eigenvalue weighted by atomic mass is 19.3. The number of carbonyl (C=O) groups is 1. The first-order valence-corrected chi connectivity index (χ1v) is 4.82. The summed E-state index contributed by atoms with van der Waals surface area (Å²) in [7, 11) is 0. The largest absolute Gasteiger partial charge is 0.480 e. The quantitative estimate of drug-likeness (QED) is 0.739. The van der Waals surface area contributed by atoms with Gasteiger partial charge in [0.1, 0.15) is 0 Å². The van der Waals surface area contributed by atoms with Crippen molar-refractivity contribution in [2.24, 2.45) is 11.7 Å². The minimum Gasteiger partial charge on any atom is -0.480 e. The van der Waals surface area contributed by atoms with Gasteiger partial charge in [-0.05, 0) is 12.8 Å². The number of alkyl halides is 2.